The van der Waals surface area contributed by atoms with Crippen molar-refractivity contribution in [1.29, 1.82) is 0 Å². The highest BCUT2D eigenvalue weighted by atomic mass is 16.3. The minimum Gasteiger partial charge on any atom is -0.395 e. The third kappa shape index (κ3) is 2.61. The van der Waals surface area contributed by atoms with Crippen LogP contribution in [0.2, 0.25) is 0 Å². The van der Waals surface area contributed by atoms with Gasteiger partial charge < -0.3 is 10.8 Å². The Morgan fingerprint density at radius 2 is 2.36 bits per heavy atom. The van der Waals surface area contributed by atoms with Crippen LogP contribution < -0.4 is 5.73 Å². The van der Waals surface area contributed by atoms with E-state index in [1.807, 2.05) is 0 Å². The van der Waals surface area contributed by atoms with Gasteiger partial charge in [-0.05, 0) is 0 Å². The third-order valence-corrected chi connectivity index (χ3v) is 1.32. The van der Waals surface area contributed by atoms with Gasteiger partial charge in [-0.1, -0.05) is 0 Å². The molecule has 4 nitrogen and oxygen atoms in total. The number of hydrogen-bond acceptors (Lipinski definition) is 4. The molecule has 1 heterocycles. The summed E-state index contributed by atoms with van der Waals surface area (Å²) in [6.45, 7) is -0.0173. The monoisotopic (exact) mass is 153 g/mol. The first-order chi connectivity index (χ1) is 5.33. The summed E-state index contributed by atoms with van der Waals surface area (Å²) in [6.07, 6.45) is 5.44. The third-order valence-electron chi connectivity index (χ3n) is 1.32. The molecular formula is C7H11N3O. The smallest absolute Gasteiger partial charge is 0.0602 e. The highest BCUT2D eigenvalue weighted by Crippen LogP contribution is 1.93. The van der Waals surface area contributed by atoms with Crippen LogP contribution in [0.4, 0.5) is 0 Å². The molecule has 1 atom stereocenters. The summed E-state index contributed by atoms with van der Waals surface area (Å²) < 4.78 is 0. The molecule has 0 unspecified atom stereocenters. The van der Waals surface area contributed by atoms with E-state index in [1.54, 1.807) is 18.6 Å². The molecule has 0 saturated carbocycles. The van der Waals surface area contributed by atoms with Gasteiger partial charge in [0.05, 0.1) is 12.3 Å². The average Bonchev–Trinajstić information content (AvgIpc) is 2.06. The van der Waals surface area contributed by atoms with E-state index < -0.39 is 0 Å². The van der Waals surface area contributed by atoms with Crippen molar-refractivity contribution in [3.63, 3.8) is 0 Å². The molecule has 0 aliphatic carbocycles. The molecule has 0 aliphatic rings. The summed E-state index contributed by atoms with van der Waals surface area (Å²) in [4.78, 5) is 7.89. The van der Waals surface area contributed by atoms with E-state index in [1.165, 1.54) is 0 Å². The van der Waals surface area contributed by atoms with Crippen molar-refractivity contribution in [3.05, 3.63) is 24.3 Å². The maximum absolute atomic E-state index is 8.62. The van der Waals surface area contributed by atoms with Crippen molar-refractivity contribution in [2.24, 2.45) is 5.73 Å². The summed E-state index contributed by atoms with van der Waals surface area (Å²) in [5.74, 6) is 0. The molecule has 3 N–H and O–H groups in total. The molecule has 0 aliphatic heterocycles. The fourth-order valence-electron chi connectivity index (χ4n) is 0.769. The predicted octanol–water partition coefficient (Wildman–Crippen LogP) is -0.661. The number of rotatable bonds is 3. The molecule has 1 aromatic rings. The van der Waals surface area contributed by atoms with Crippen LogP contribution >= 0.6 is 0 Å². The minimum absolute atomic E-state index is 0.0173. The first kappa shape index (κ1) is 8.10. The maximum atomic E-state index is 8.62. The molecule has 0 spiro atoms. The van der Waals surface area contributed by atoms with Crippen molar-refractivity contribution >= 4 is 0 Å². The van der Waals surface area contributed by atoms with Gasteiger partial charge in [0, 0.05) is 31.1 Å². The number of aliphatic hydroxyl groups excluding tert-OH is 1. The molecule has 0 amide bonds. The van der Waals surface area contributed by atoms with Crippen molar-refractivity contribution in [3.8, 4) is 0 Å². The Morgan fingerprint density at radius 1 is 1.55 bits per heavy atom. The predicted molar refractivity (Wildman–Crippen MR) is 40.8 cm³/mol. The lowest BCUT2D eigenvalue weighted by Crippen LogP contribution is -2.27. The van der Waals surface area contributed by atoms with E-state index in [0.717, 1.165) is 5.69 Å². The number of aromatic nitrogens is 2. The van der Waals surface area contributed by atoms with Crippen LogP contribution in [0.3, 0.4) is 0 Å². The van der Waals surface area contributed by atoms with Crippen molar-refractivity contribution in [2.75, 3.05) is 6.61 Å². The van der Waals surface area contributed by atoms with E-state index in [-0.39, 0.29) is 12.6 Å². The molecule has 0 fully saturated rings. The van der Waals surface area contributed by atoms with Crippen LogP contribution in [0.5, 0.6) is 0 Å². The van der Waals surface area contributed by atoms with Gasteiger partial charge in [0.25, 0.3) is 0 Å². The van der Waals surface area contributed by atoms with Crippen LogP contribution in [0.1, 0.15) is 5.69 Å². The Balaban J connectivity index is 2.51. The van der Waals surface area contributed by atoms with E-state index in [2.05, 4.69) is 9.97 Å². The Kier molecular flexibility index (Phi) is 2.95. The van der Waals surface area contributed by atoms with E-state index in [9.17, 15) is 0 Å². The topological polar surface area (TPSA) is 72.0 Å². The highest BCUT2D eigenvalue weighted by molar-refractivity contribution is 4.96. The Hall–Kier alpha value is -1.00. The van der Waals surface area contributed by atoms with Gasteiger partial charge in [-0.3, -0.25) is 9.97 Å². The molecule has 60 valence electrons. The number of hydrogen-bond donors (Lipinski definition) is 2. The van der Waals surface area contributed by atoms with Gasteiger partial charge in [-0.2, -0.15) is 0 Å². The van der Waals surface area contributed by atoms with Crippen LogP contribution in [0.15, 0.2) is 18.6 Å². The molecular weight excluding hydrogens is 142 g/mol. The molecule has 11 heavy (non-hydrogen) atoms. The van der Waals surface area contributed by atoms with Crippen LogP contribution in [-0.4, -0.2) is 27.7 Å². The van der Waals surface area contributed by atoms with E-state index >= 15 is 0 Å². The largest absolute Gasteiger partial charge is 0.395 e. The fraction of sp³-hybridized carbons (Fsp3) is 0.429. The zero-order valence-corrected chi connectivity index (χ0v) is 6.14. The summed E-state index contributed by atoms with van der Waals surface area (Å²) in [7, 11) is 0. The van der Waals surface area contributed by atoms with Gasteiger partial charge in [0.15, 0.2) is 0 Å². The number of nitrogens with two attached hydrogens (primary N) is 1. The highest BCUT2D eigenvalue weighted by Gasteiger charge is 2.01. The fourth-order valence-corrected chi connectivity index (χ4v) is 0.769. The second-order valence-electron chi connectivity index (χ2n) is 2.34. The van der Waals surface area contributed by atoms with E-state index in [4.69, 9.17) is 10.8 Å². The molecule has 0 radical (unpaired) electrons. The molecule has 1 rings (SSSR count). The van der Waals surface area contributed by atoms with Gasteiger partial charge in [-0.15, -0.1) is 0 Å². The van der Waals surface area contributed by atoms with Crippen LogP contribution in [0, 0.1) is 0 Å². The zero-order valence-electron chi connectivity index (χ0n) is 6.14. The summed E-state index contributed by atoms with van der Waals surface area (Å²) >= 11 is 0. The lowest BCUT2D eigenvalue weighted by atomic mass is 10.2. The Bertz CT molecular complexity index is 202. The summed E-state index contributed by atoms with van der Waals surface area (Å²) in [5.41, 5.74) is 6.30. The maximum Gasteiger partial charge on any atom is 0.0602 e. The minimum atomic E-state index is -0.230. The average molecular weight is 153 g/mol. The Labute approximate surface area is 65.1 Å². The molecule has 1 aromatic heterocycles. The molecule has 0 aromatic carbocycles. The van der Waals surface area contributed by atoms with E-state index in [0.29, 0.717) is 6.42 Å². The van der Waals surface area contributed by atoms with Gasteiger partial charge >= 0.3 is 0 Å². The first-order valence-corrected chi connectivity index (χ1v) is 3.44. The standard InChI is InChI=1S/C7H11N3O/c8-6(5-11)3-7-4-9-1-2-10-7/h1-2,4,6,11H,3,5,8H2/t6-/m1/s1. The number of nitrogens with zero attached hydrogens (tertiary/aromatic N) is 2. The Morgan fingerprint density at radius 3 is 2.91 bits per heavy atom. The van der Waals surface area contributed by atoms with Crippen molar-refractivity contribution in [2.45, 2.75) is 12.5 Å². The normalized spacial score (nSPS) is 12.9. The lowest BCUT2D eigenvalue weighted by molar-refractivity contribution is 0.264. The quantitative estimate of drug-likeness (QED) is 0.604. The lowest BCUT2D eigenvalue weighted by Gasteiger charge is -2.05. The second-order valence-corrected chi connectivity index (χ2v) is 2.34. The second kappa shape index (κ2) is 4.00. The van der Waals surface area contributed by atoms with Crippen LogP contribution in [0.25, 0.3) is 0 Å². The van der Waals surface area contributed by atoms with Crippen molar-refractivity contribution < 1.29 is 5.11 Å². The molecule has 4 heteroatoms. The molecule has 0 saturated heterocycles. The van der Waals surface area contributed by atoms with Gasteiger partial charge in [-0.25, -0.2) is 0 Å². The summed E-state index contributed by atoms with van der Waals surface area (Å²) in [6, 6.07) is -0.230. The molecule has 0 bridgehead atoms. The van der Waals surface area contributed by atoms with Crippen LogP contribution in [-0.2, 0) is 6.42 Å². The van der Waals surface area contributed by atoms with Crippen molar-refractivity contribution in [1.82, 2.24) is 9.97 Å². The SMILES string of the molecule is N[C@@H](CO)Cc1cnccn1. The summed E-state index contributed by atoms with van der Waals surface area (Å²) in [5, 5.41) is 8.62. The zero-order chi connectivity index (χ0) is 8.10. The number of aliphatic hydroxyl groups is 1. The van der Waals surface area contributed by atoms with Gasteiger partial charge in [0.1, 0.15) is 0 Å². The van der Waals surface area contributed by atoms with Gasteiger partial charge in [0.2, 0.25) is 0 Å². The first-order valence-electron chi connectivity index (χ1n) is 3.44.